The summed E-state index contributed by atoms with van der Waals surface area (Å²) < 4.78 is 0. The average Bonchev–Trinajstić information content (AvgIpc) is 4.03. The van der Waals surface area contributed by atoms with E-state index >= 15 is 0 Å². The Balaban J connectivity index is 0.000000951. The molecule has 4 aromatic carbocycles. The number of H-pyrrole nitrogens is 2. The van der Waals surface area contributed by atoms with Crippen LogP contribution in [0, 0.1) is 0 Å². The van der Waals surface area contributed by atoms with Gasteiger partial charge in [0.25, 0.3) is 0 Å². The molecule has 1 aliphatic heterocycles. The lowest BCUT2D eigenvalue weighted by Gasteiger charge is -2.06. The zero-order valence-electron chi connectivity index (χ0n) is 29.6. The summed E-state index contributed by atoms with van der Waals surface area (Å²) in [5.41, 5.74) is 8.18. The van der Waals surface area contributed by atoms with Gasteiger partial charge in [0.2, 0.25) is 12.0 Å². The number of carboxylic acids is 2. The van der Waals surface area contributed by atoms with Crippen LogP contribution in [0.5, 0.6) is 0 Å². The number of aromatic nitrogens is 4. The third-order valence-electron chi connectivity index (χ3n) is 8.56. The number of hydrogen-bond acceptors (Lipinski definition) is 7. The van der Waals surface area contributed by atoms with Crippen LogP contribution in [0.1, 0.15) is 35.1 Å². The molecule has 7 rings (SSSR count). The Morgan fingerprint density at radius 2 is 1.45 bits per heavy atom. The summed E-state index contributed by atoms with van der Waals surface area (Å²) in [4.78, 5) is 54.5. The molecule has 1 amide bonds. The SMILES string of the molecule is O=C(O)C=Cc1ccc(-c2nc(-c3ccc(C4=NOC(C(=O)O)C4)cc3)c(-c3ccc(C=CC(=O)NCCCc4ccccc4)cc3)[nH]2)cc1.c1c[nH]cn1. The molecule has 1 unspecified atom stereocenters. The van der Waals surface area contributed by atoms with Gasteiger partial charge in [-0.3, -0.25) is 4.79 Å². The summed E-state index contributed by atoms with van der Waals surface area (Å²) in [5, 5.41) is 25.1. The minimum atomic E-state index is -1.06. The predicted octanol–water partition coefficient (Wildman–Crippen LogP) is 7.26. The zero-order valence-corrected chi connectivity index (χ0v) is 29.6. The van der Waals surface area contributed by atoms with Crippen molar-refractivity contribution in [1.29, 1.82) is 0 Å². The molecule has 1 atom stereocenters. The first-order valence-electron chi connectivity index (χ1n) is 17.5. The van der Waals surface area contributed by atoms with Crippen LogP contribution in [0.2, 0.25) is 0 Å². The van der Waals surface area contributed by atoms with E-state index in [4.69, 9.17) is 14.9 Å². The van der Waals surface area contributed by atoms with Crippen LogP contribution < -0.4 is 5.32 Å². The van der Waals surface area contributed by atoms with Crippen LogP contribution in [-0.2, 0) is 25.6 Å². The highest BCUT2D eigenvalue weighted by molar-refractivity contribution is 6.03. The van der Waals surface area contributed by atoms with E-state index in [1.807, 2.05) is 91.0 Å². The highest BCUT2D eigenvalue weighted by atomic mass is 16.7. The molecule has 0 aliphatic carbocycles. The van der Waals surface area contributed by atoms with Gasteiger partial charge < -0.3 is 30.3 Å². The van der Waals surface area contributed by atoms with E-state index in [-0.39, 0.29) is 12.3 Å². The van der Waals surface area contributed by atoms with E-state index in [0.29, 0.717) is 23.8 Å². The fraction of sp³-hybridized carbons (Fsp3) is 0.116. The quantitative estimate of drug-likeness (QED) is 0.0607. The molecule has 0 fully saturated rings. The summed E-state index contributed by atoms with van der Waals surface area (Å²) >= 11 is 0. The number of imidazole rings is 2. The molecule has 2 aromatic heterocycles. The number of aryl methyl sites for hydroxylation is 1. The second-order valence-electron chi connectivity index (χ2n) is 12.5. The van der Waals surface area contributed by atoms with Crippen molar-refractivity contribution in [2.24, 2.45) is 5.16 Å². The number of aliphatic carboxylic acids is 2. The Kier molecular flexibility index (Phi) is 12.5. The molecule has 55 heavy (non-hydrogen) atoms. The molecular formula is C43H38N6O6. The second-order valence-corrected chi connectivity index (χ2v) is 12.5. The molecule has 0 saturated heterocycles. The zero-order chi connectivity index (χ0) is 38.4. The lowest BCUT2D eigenvalue weighted by Crippen LogP contribution is -2.22. The topological polar surface area (TPSA) is 183 Å². The minimum absolute atomic E-state index is 0.149. The highest BCUT2D eigenvalue weighted by Crippen LogP contribution is 2.34. The van der Waals surface area contributed by atoms with Crippen LogP contribution >= 0.6 is 0 Å². The normalized spacial score (nSPS) is 13.5. The maximum Gasteiger partial charge on any atom is 0.348 e. The van der Waals surface area contributed by atoms with Gasteiger partial charge in [-0.2, -0.15) is 0 Å². The molecule has 3 heterocycles. The summed E-state index contributed by atoms with van der Waals surface area (Å²) in [7, 11) is 0. The lowest BCUT2D eigenvalue weighted by atomic mass is 10.00. The molecule has 0 bridgehead atoms. The number of nitrogens with zero attached hydrogens (tertiary/aromatic N) is 3. The van der Waals surface area contributed by atoms with Crippen molar-refractivity contribution < 1.29 is 29.4 Å². The van der Waals surface area contributed by atoms with Crippen molar-refractivity contribution in [3.8, 4) is 33.9 Å². The summed E-state index contributed by atoms with van der Waals surface area (Å²) in [6.07, 6.45) is 12.0. The Morgan fingerprint density at radius 3 is 2.05 bits per heavy atom. The number of carbonyl (C=O) groups excluding carboxylic acids is 1. The van der Waals surface area contributed by atoms with Crippen molar-refractivity contribution in [3.05, 3.63) is 156 Å². The van der Waals surface area contributed by atoms with E-state index in [2.05, 4.69) is 37.6 Å². The third kappa shape index (κ3) is 10.6. The van der Waals surface area contributed by atoms with Crippen molar-refractivity contribution in [1.82, 2.24) is 25.3 Å². The van der Waals surface area contributed by atoms with Gasteiger partial charge in [0.05, 0.1) is 23.4 Å². The Labute approximate surface area is 317 Å². The summed E-state index contributed by atoms with van der Waals surface area (Å²) in [6, 6.07) is 32.9. The molecular weight excluding hydrogens is 697 g/mol. The fourth-order valence-corrected chi connectivity index (χ4v) is 5.70. The van der Waals surface area contributed by atoms with Crippen molar-refractivity contribution >= 4 is 35.7 Å². The Bertz CT molecular complexity index is 2260. The molecule has 0 spiro atoms. The van der Waals surface area contributed by atoms with E-state index in [0.717, 1.165) is 58.0 Å². The maximum atomic E-state index is 12.4. The average molecular weight is 735 g/mol. The molecule has 0 saturated carbocycles. The second kappa shape index (κ2) is 18.4. The van der Waals surface area contributed by atoms with E-state index < -0.39 is 18.0 Å². The number of hydrogen-bond donors (Lipinski definition) is 5. The number of benzene rings is 4. The van der Waals surface area contributed by atoms with Crippen molar-refractivity contribution in [3.63, 3.8) is 0 Å². The van der Waals surface area contributed by atoms with E-state index in [1.54, 1.807) is 24.8 Å². The highest BCUT2D eigenvalue weighted by Gasteiger charge is 2.28. The fourth-order valence-electron chi connectivity index (χ4n) is 5.70. The summed E-state index contributed by atoms with van der Waals surface area (Å²) in [6.45, 7) is 0.593. The van der Waals surface area contributed by atoms with Crippen LogP contribution in [0.15, 0.2) is 139 Å². The monoisotopic (exact) mass is 734 g/mol. The Morgan fingerprint density at radius 1 is 0.800 bits per heavy atom. The van der Waals surface area contributed by atoms with Gasteiger partial charge in [-0.1, -0.05) is 108 Å². The molecule has 0 radical (unpaired) electrons. The number of amides is 1. The smallest absolute Gasteiger partial charge is 0.348 e. The van der Waals surface area contributed by atoms with Gasteiger partial charge in [-0.15, -0.1) is 0 Å². The molecule has 5 N–H and O–H groups in total. The lowest BCUT2D eigenvalue weighted by molar-refractivity contribution is -0.148. The van der Waals surface area contributed by atoms with Crippen LogP contribution in [0.4, 0.5) is 0 Å². The van der Waals surface area contributed by atoms with Crippen molar-refractivity contribution in [2.45, 2.75) is 25.4 Å². The first kappa shape index (κ1) is 37.4. The van der Waals surface area contributed by atoms with Crippen LogP contribution in [0.3, 0.4) is 0 Å². The van der Waals surface area contributed by atoms with Crippen LogP contribution in [0.25, 0.3) is 46.1 Å². The van der Waals surface area contributed by atoms with Crippen molar-refractivity contribution in [2.75, 3.05) is 6.54 Å². The molecule has 12 nitrogen and oxygen atoms in total. The summed E-state index contributed by atoms with van der Waals surface area (Å²) in [5.74, 6) is -1.60. The van der Waals surface area contributed by atoms with Gasteiger partial charge in [0.1, 0.15) is 5.82 Å². The minimum Gasteiger partial charge on any atom is -0.478 e. The van der Waals surface area contributed by atoms with Gasteiger partial charge in [0, 0.05) is 54.2 Å². The van der Waals surface area contributed by atoms with Crippen LogP contribution in [-0.4, -0.2) is 66.4 Å². The van der Waals surface area contributed by atoms with Gasteiger partial charge >= 0.3 is 11.9 Å². The molecule has 1 aliphatic rings. The number of nitrogens with one attached hydrogen (secondary N) is 3. The predicted molar refractivity (Wildman–Crippen MR) is 211 cm³/mol. The number of aromatic amines is 2. The van der Waals surface area contributed by atoms with E-state index in [1.165, 1.54) is 17.7 Å². The van der Waals surface area contributed by atoms with E-state index in [9.17, 15) is 19.5 Å². The first-order valence-corrected chi connectivity index (χ1v) is 17.5. The van der Waals surface area contributed by atoms with Gasteiger partial charge in [-0.05, 0) is 47.2 Å². The molecule has 276 valence electrons. The van der Waals surface area contributed by atoms with Gasteiger partial charge in [0.15, 0.2) is 0 Å². The number of carboxylic acid groups (broad SMARTS) is 2. The number of rotatable bonds is 13. The Hall–Kier alpha value is -7.34. The van der Waals surface area contributed by atoms with Gasteiger partial charge in [-0.25, -0.2) is 19.6 Å². The molecule has 6 aromatic rings. The maximum absolute atomic E-state index is 12.4. The molecule has 12 heteroatoms. The first-order chi connectivity index (χ1) is 26.8. The largest absolute Gasteiger partial charge is 0.478 e. The third-order valence-corrected chi connectivity index (χ3v) is 8.56. The standard InChI is InChI=1S/C40H34N4O6.C3H4N2/c45-35(41-24-4-7-26-5-2-1-3-6-26)22-12-27-8-14-30(15-9-27)37-38(31-20-18-29(19-21-31)33-25-34(40(48)49)50-44-33)43-39(42-37)32-16-10-28(11-17-32)13-23-36(46)47;1-2-5-3-4-1/h1-3,5-6,8-23,34H,4,7,24-25H2,(H,41,45)(H,42,43)(H,46,47)(H,48,49);1-3H,(H,4,5). The number of carbonyl (C=O) groups is 3. The number of oxime groups is 1.